The molecule has 0 aromatic carbocycles. The van der Waals surface area contributed by atoms with E-state index in [1.165, 1.54) is 0 Å². The molecule has 0 aromatic rings. The SMILES string of the molecule is F[B-](F)(F)F.F[B-](F)(F)F.F[B-](F)(F)F.OC(F)C(F)F.[LiH]. The van der Waals surface area contributed by atoms with Gasteiger partial charge in [0, 0.05) is 0 Å². The zero-order chi connectivity index (χ0) is 18.7. The fourth-order valence-corrected chi connectivity index (χ4v) is 0. The third-order valence-corrected chi connectivity index (χ3v) is 0.208. The van der Waals surface area contributed by atoms with Crippen LogP contribution in [0, 0.1) is 0 Å². The second kappa shape index (κ2) is 14.3. The summed E-state index contributed by atoms with van der Waals surface area (Å²) in [6.07, 6.45) is -6.24. The molecule has 1 nitrogen and oxygen atoms in total. The molecule has 1 unspecified atom stereocenters. The molecular formula is C2H4B3F15LiO-3. The maximum atomic E-state index is 10.6. The quantitative estimate of drug-likeness (QED) is 0.552. The van der Waals surface area contributed by atoms with Crippen LogP contribution in [0.5, 0.6) is 0 Å². The molecule has 1 N–H and O–H groups in total. The van der Waals surface area contributed by atoms with Gasteiger partial charge in [-0.3, -0.25) is 0 Å². The van der Waals surface area contributed by atoms with Gasteiger partial charge in [-0.15, -0.1) is 0 Å². The Bertz CT molecular complexity index is 168. The second-order valence-corrected chi connectivity index (χ2v) is 2.19. The first-order valence-corrected chi connectivity index (χ1v) is 3.86. The van der Waals surface area contributed by atoms with Gasteiger partial charge in [0.15, 0.2) is 0 Å². The van der Waals surface area contributed by atoms with Crippen molar-refractivity contribution in [2.75, 3.05) is 0 Å². The van der Waals surface area contributed by atoms with E-state index in [1.54, 1.807) is 0 Å². The number of aliphatic hydroxyl groups is 1. The molecule has 0 heterocycles. The van der Waals surface area contributed by atoms with E-state index in [-0.39, 0.29) is 18.9 Å². The van der Waals surface area contributed by atoms with E-state index in [0.29, 0.717) is 0 Å². The summed E-state index contributed by atoms with van der Waals surface area (Å²) in [4.78, 5) is 0. The third kappa shape index (κ3) is 503. The number of aliphatic hydroxyl groups excluding tert-OH is 1. The molecule has 0 aliphatic carbocycles. The number of rotatable bonds is 1. The van der Waals surface area contributed by atoms with Crippen LogP contribution in [-0.4, -0.2) is 58.5 Å². The van der Waals surface area contributed by atoms with Gasteiger partial charge >= 0.3 is 40.6 Å². The summed E-state index contributed by atoms with van der Waals surface area (Å²) in [7, 11) is -18.0. The summed E-state index contributed by atoms with van der Waals surface area (Å²) in [6.45, 7) is 0. The number of hydrogen-bond donors (Lipinski definition) is 1. The van der Waals surface area contributed by atoms with Gasteiger partial charge in [-0.25, -0.2) is 13.2 Å². The van der Waals surface area contributed by atoms with E-state index in [1.807, 2.05) is 0 Å². The number of hydrogen-bond acceptors (Lipinski definition) is 1. The molecular weight excluding hydrogens is 364 g/mol. The summed E-state index contributed by atoms with van der Waals surface area (Å²) in [5.74, 6) is 0. The molecule has 0 saturated heterocycles. The fraction of sp³-hybridized carbons (Fsp3) is 1.00. The summed E-state index contributed by atoms with van der Waals surface area (Å²) >= 11 is 0. The predicted molar refractivity (Wildman–Crippen MR) is 50.8 cm³/mol. The minimum atomic E-state index is -6.00. The van der Waals surface area contributed by atoms with Gasteiger partial charge in [-0.2, -0.15) is 0 Å². The Hall–Kier alpha value is -0.298. The molecule has 136 valence electrons. The Kier molecular flexibility index (Phi) is 21.7. The minimum absolute atomic E-state index is 0. The van der Waals surface area contributed by atoms with Gasteiger partial charge in [0.05, 0.1) is 0 Å². The topological polar surface area (TPSA) is 20.2 Å². The molecule has 20 heteroatoms. The summed E-state index contributed by atoms with van der Waals surface area (Å²) < 4.78 is 149. The van der Waals surface area contributed by atoms with Gasteiger partial charge in [-0.1, -0.05) is 0 Å². The first-order chi connectivity index (χ1) is 8.64. The Morgan fingerprint density at radius 1 is 0.500 bits per heavy atom. The normalized spacial score (nSPS) is 12.4. The van der Waals surface area contributed by atoms with Gasteiger partial charge in [-0.05, 0) is 0 Å². The monoisotopic (exact) mass is 369 g/mol. The van der Waals surface area contributed by atoms with Crippen LogP contribution in [0.4, 0.5) is 65.0 Å². The molecule has 0 rings (SSSR count). The molecule has 0 aromatic heterocycles. The fourth-order valence-electron chi connectivity index (χ4n) is 0. The van der Waals surface area contributed by atoms with Gasteiger partial charge in [0.1, 0.15) is 0 Å². The van der Waals surface area contributed by atoms with Gasteiger partial charge in [0.2, 0.25) is 0 Å². The van der Waals surface area contributed by atoms with E-state index in [9.17, 15) is 65.0 Å². The molecule has 0 aliphatic rings. The first kappa shape index (κ1) is 33.3. The van der Waals surface area contributed by atoms with Gasteiger partial charge < -0.3 is 56.9 Å². The van der Waals surface area contributed by atoms with Crippen molar-refractivity contribution in [2.45, 2.75) is 12.8 Å². The van der Waals surface area contributed by atoms with E-state index in [0.717, 1.165) is 0 Å². The van der Waals surface area contributed by atoms with Crippen molar-refractivity contribution in [2.24, 2.45) is 0 Å². The van der Waals surface area contributed by atoms with Crippen molar-refractivity contribution in [3.63, 3.8) is 0 Å². The molecule has 0 aliphatic heterocycles. The summed E-state index contributed by atoms with van der Waals surface area (Å²) in [6, 6.07) is 0. The average molecular weight is 368 g/mol. The molecule has 1 atom stereocenters. The van der Waals surface area contributed by atoms with Crippen LogP contribution in [0.2, 0.25) is 0 Å². The molecule has 0 radical (unpaired) electrons. The van der Waals surface area contributed by atoms with Crippen LogP contribution in [0.3, 0.4) is 0 Å². The van der Waals surface area contributed by atoms with Crippen LogP contribution in [0.1, 0.15) is 0 Å². The standard InChI is InChI=1S/C2H3F3O.3BF4.Li.H/c3-1(4)2(5)6;3*2-1(3,4)5;;/h1-2,6H;;;;;/q;3*-1;;. The first-order valence-electron chi connectivity index (χ1n) is 3.86. The number of alkyl halides is 3. The van der Waals surface area contributed by atoms with Crippen molar-refractivity contribution < 1.29 is 70.1 Å². The third-order valence-electron chi connectivity index (χ3n) is 0.208. The molecule has 0 amide bonds. The molecule has 0 bridgehead atoms. The van der Waals surface area contributed by atoms with Crippen LogP contribution in [0.15, 0.2) is 0 Å². The van der Waals surface area contributed by atoms with E-state index < -0.39 is 34.5 Å². The van der Waals surface area contributed by atoms with Crippen molar-refractivity contribution >= 4 is 40.6 Å². The van der Waals surface area contributed by atoms with Gasteiger partial charge in [0.25, 0.3) is 12.8 Å². The van der Waals surface area contributed by atoms with Crippen LogP contribution < -0.4 is 0 Å². The van der Waals surface area contributed by atoms with E-state index in [2.05, 4.69) is 0 Å². The molecule has 0 saturated carbocycles. The Balaban J connectivity index is -0.0000000577. The molecule has 22 heavy (non-hydrogen) atoms. The van der Waals surface area contributed by atoms with Crippen LogP contribution in [-0.2, 0) is 0 Å². The van der Waals surface area contributed by atoms with Crippen molar-refractivity contribution in [1.29, 1.82) is 0 Å². The Morgan fingerprint density at radius 2 is 0.545 bits per heavy atom. The summed E-state index contributed by atoms with van der Waals surface area (Å²) in [5, 5.41) is 7.21. The second-order valence-electron chi connectivity index (χ2n) is 2.19. The number of halogens is 15. The summed E-state index contributed by atoms with van der Waals surface area (Å²) in [5.41, 5.74) is 0. The van der Waals surface area contributed by atoms with Crippen molar-refractivity contribution in [1.82, 2.24) is 0 Å². The zero-order valence-electron chi connectivity index (χ0n) is 9.00. The zero-order valence-corrected chi connectivity index (χ0v) is 9.00. The van der Waals surface area contributed by atoms with E-state index >= 15 is 0 Å². The Labute approximate surface area is 124 Å². The maximum absolute atomic E-state index is 10.6. The molecule has 0 fully saturated rings. The van der Waals surface area contributed by atoms with Crippen LogP contribution >= 0.6 is 0 Å². The average Bonchev–Trinajstić information content (AvgIpc) is 1.92. The van der Waals surface area contributed by atoms with Crippen LogP contribution in [0.25, 0.3) is 0 Å². The Morgan fingerprint density at radius 3 is 0.545 bits per heavy atom. The van der Waals surface area contributed by atoms with Crippen molar-refractivity contribution in [3.8, 4) is 0 Å². The molecule has 0 spiro atoms. The van der Waals surface area contributed by atoms with Crippen molar-refractivity contribution in [3.05, 3.63) is 0 Å². The predicted octanol–water partition coefficient (Wildman–Crippen LogP) is 3.79. The van der Waals surface area contributed by atoms with E-state index in [4.69, 9.17) is 5.11 Å².